The molecule has 0 unspecified atom stereocenters. The number of carbonyl (C=O) groups is 1. The van der Waals surface area contributed by atoms with Crippen molar-refractivity contribution in [3.63, 3.8) is 0 Å². The molecule has 172 valence electrons. The van der Waals surface area contributed by atoms with E-state index in [1.54, 1.807) is 11.3 Å². The molecule has 0 aliphatic rings. The number of nitrogens with one attached hydrogen (secondary N) is 1. The van der Waals surface area contributed by atoms with Gasteiger partial charge in [0.05, 0.1) is 17.2 Å². The van der Waals surface area contributed by atoms with Crippen LogP contribution in [-0.2, 0) is 24.3 Å². The molecule has 0 saturated carbocycles. The lowest BCUT2D eigenvalue weighted by Crippen LogP contribution is -2.45. The number of nitrogen functional groups attached to an aromatic ring is 1. The first kappa shape index (κ1) is 24.8. The van der Waals surface area contributed by atoms with Crippen molar-refractivity contribution >= 4 is 28.7 Å². The highest BCUT2D eigenvalue weighted by molar-refractivity contribution is 7.09. The van der Waals surface area contributed by atoms with Crippen molar-refractivity contribution in [2.45, 2.75) is 60.0 Å². The fourth-order valence-electron chi connectivity index (χ4n) is 3.29. The van der Waals surface area contributed by atoms with Gasteiger partial charge in [-0.15, -0.1) is 11.3 Å². The number of nitrogens with zero attached hydrogens (tertiary/aromatic N) is 4. The van der Waals surface area contributed by atoms with Crippen molar-refractivity contribution < 1.29 is 4.79 Å². The smallest absolute Gasteiger partial charge is 0.330 e. The van der Waals surface area contributed by atoms with Gasteiger partial charge in [-0.1, -0.05) is 34.1 Å². The summed E-state index contributed by atoms with van der Waals surface area (Å²) in [7, 11) is 1.84. The maximum absolute atomic E-state index is 13.2. The third-order valence-corrected chi connectivity index (χ3v) is 5.85. The summed E-state index contributed by atoms with van der Waals surface area (Å²) in [6, 6.07) is 0. The minimum atomic E-state index is -0.637. The molecule has 0 aliphatic heterocycles. The van der Waals surface area contributed by atoms with Crippen LogP contribution in [0.1, 0.15) is 51.2 Å². The topological polar surface area (TPSA) is 117 Å². The lowest BCUT2D eigenvalue weighted by Gasteiger charge is -2.26. The average molecular weight is 451 g/mol. The van der Waals surface area contributed by atoms with Crippen LogP contribution in [0.4, 0.5) is 11.5 Å². The molecular formula is C21H34N6O3S. The second-order valence-corrected chi connectivity index (χ2v) is 9.10. The summed E-state index contributed by atoms with van der Waals surface area (Å²) in [5.74, 6) is -0.0636. The summed E-state index contributed by atoms with van der Waals surface area (Å²) in [5, 5.41) is 3.06. The number of likely N-dealkylation sites (N-methyl/N-ethyl adjacent to an activating group) is 1. The first-order valence-electron chi connectivity index (χ1n) is 10.7. The Labute approximate surface area is 186 Å². The third-order valence-electron chi connectivity index (χ3n) is 4.81. The Balaban J connectivity index is 2.31. The summed E-state index contributed by atoms with van der Waals surface area (Å²) in [6.45, 7) is 9.31. The quantitative estimate of drug-likeness (QED) is 0.541. The van der Waals surface area contributed by atoms with E-state index in [1.807, 2.05) is 38.1 Å². The van der Waals surface area contributed by atoms with Crippen molar-refractivity contribution in [2.75, 3.05) is 30.8 Å². The van der Waals surface area contributed by atoms with Gasteiger partial charge in [0.2, 0.25) is 5.91 Å². The van der Waals surface area contributed by atoms with Gasteiger partial charge in [0.1, 0.15) is 5.82 Å². The zero-order chi connectivity index (χ0) is 23.1. The summed E-state index contributed by atoms with van der Waals surface area (Å²) in [6.07, 6.45) is 2.44. The van der Waals surface area contributed by atoms with Gasteiger partial charge >= 0.3 is 5.69 Å². The normalized spacial score (nSPS) is 11.5. The summed E-state index contributed by atoms with van der Waals surface area (Å²) in [5.41, 5.74) is 6.01. The maximum atomic E-state index is 13.2. The van der Waals surface area contributed by atoms with Gasteiger partial charge in [-0.25, -0.2) is 9.78 Å². The number of amides is 1. The second-order valence-electron chi connectivity index (χ2n) is 8.15. The van der Waals surface area contributed by atoms with Crippen LogP contribution >= 0.6 is 11.3 Å². The van der Waals surface area contributed by atoms with E-state index in [-0.39, 0.29) is 29.9 Å². The highest BCUT2D eigenvalue weighted by Crippen LogP contribution is 2.19. The van der Waals surface area contributed by atoms with Crippen LogP contribution in [0.5, 0.6) is 0 Å². The number of rotatable bonds is 11. The standard InChI is InChI=1S/C21H34N6O3S/c1-6-8-9-26(17(28)12-25(5)11-15-13-31-16(7-2)23-15)18-19(22)27(10-14(3)4)21(30)24-20(18)29/h13-14H,6-12,22H2,1-5H3,(H,24,29,30). The lowest BCUT2D eigenvalue weighted by atomic mass is 10.2. The molecule has 31 heavy (non-hydrogen) atoms. The number of thiazole rings is 1. The van der Waals surface area contributed by atoms with Gasteiger partial charge in [0, 0.05) is 25.0 Å². The van der Waals surface area contributed by atoms with Crippen LogP contribution < -0.4 is 21.9 Å². The van der Waals surface area contributed by atoms with Gasteiger partial charge < -0.3 is 10.6 Å². The molecule has 0 saturated heterocycles. The number of hydrogen-bond donors (Lipinski definition) is 2. The maximum Gasteiger partial charge on any atom is 0.330 e. The Morgan fingerprint density at radius 2 is 2.03 bits per heavy atom. The third kappa shape index (κ3) is 6.51. The SMILES string of the molecule is CCCCN(C(=O)CN(C)Cc1csc(CC)n1)c1c(N)n(CC(C)C)c(=O)[nH]c1=O. The van der Waals surface area contributed by atoms with Gasteiger partial charge in [-0.3, -0.25) is 24.0 Å². The molecule has 0 atom stereocenters. The molecule has 2 aromatic heterocycles. The summed E-state index contributed by atoms with van der Waals surface area (Å²) in [4.78, 5) is 48.3. The number of carbonyl (C=O) groups excluding carboxylic acids is 1. The highest BCUT2D eigenvalue weighted by Gasteiger charge is 2.25. The zero-order valence-corrected chi connectivity index (χ0v) is 19.9. The predicted molar refractivity (Wildman–Crippen MR) is 126 cm³/mol. The van der Waals surface area contributed by atoms with Crippen LogP contribution in [0.3, 0.4) is 0 Å². The van der Waals surface area contributed by atoms with Crippen molar-refractivity contribution in [3.8, 4) is 0 Å². The van der Waals surface area contributed by atoms with E-state index in [2.05, 4.69) is 16.9 Å². The van der Waals surface area contributed by atoms with Crippen molar-refractivity contribution in [2.24, 2.45) is 5.92 Å². The van der Waals surface area contributed by atoms with E-state index in [0.717, 1.165) is 23.5 Å². The molecule has 1 amide bonds. The van der Waals surface area contributed by atoms with Crippen molar-refractivity contribution in [1.29, 1.82) is 0 Å². The number of aryl methyl sites for hydroxylation is 1. The molecule has 0 aliphatic carbocycles. The summed E-state index contributed by atoms with van der Waals surface area (Å²) >= 11 is 1.61. The molecule has 2 heterocycles. The zero-order valence-electron chi connectivity index (χ0n) is 19.1. The monoisotopic (exact) mass is 450 g/mol. The molecule has 0 aromatic carbocycles. The number of unbranched alkanes of at least 4 members (excludes halogenated alkanes) is 1. The van der Waals surface area contributed by atoms with E-state index in [9.17, 15) is 14.4 Å². The number of H-pyrrole nitrogens is 1. The van der Waals surface area contributed by atoms with E-state index >= 15 is 0 Å². The van der Waals surface area contributed by atoms with Gasteiger partial charge in [0.15, 0.2) is 5.69 Å². The van der Waals surface area contributed by atoms with Crippen LogP contribution in [0, 0.1) is 5.92 Å². The van der Waals surface area contributed by atoms with Crippen LogP contribution in [0.15, 0.2) is 15.0 Å². The van der Waals surface area contributed by atoms with Crippen molar-refractivity contribution in [1.82, 2.24) is 19.4 Å². The number of aromatic amines is 1. The fourth-order valence-corrected chi connectivity index (χ4v) is 4.03. The Morgan fingerprint density at radius 1 is 1.32 bits per heavy atom. The molecule has 10 heteroatoms. The van der Waals surface area contributed by atoms with E-state index in [4.69, 9.17) is 5.73 Å². The fraction of sp³-hybridized carbons (Fsp3) is 0.619. The Bertz CT molecular complexity index is 994. The minimum Gasteiger partial charge on any atom is -0.383 e. The molecule has 2 aromatic rings. The number of aromatic nitrogens is 3. The summed E-state index contributed by atoms with van der Waals surface area (Å²) < 4.78 is 1.33. The molecule has 9 nitrogen and oxygen atoms in total. The molecule has 0 spiro atoms. The molecule has 0 fully saturated rings. The molecule has 3 N–H and O–H groups in total. The van der Waals surface area contributed by atoms with E-state index in [1.165, 1.54) is 9.47 Å². The number of nitrogens with two attached hydrogens (primary N) is 1. The van der Waals surface area contributed by atoms with Crippen LogP contribution in [0.2, 0.25) is 0 Å². The number of anilines is 2. The first-order valence-corrected chi connectivity index (χ1v) is 11.6. The lowest BCUT2D eigenvalue weighted by molar-refractivity contribution is -0.119. The molecular weight excluding hydrogens is 416 g/mol. The highest BCUT2D eigenvalue weighted by atomic mass is 32.1. The Morgan fingerprint density at radius 3 is 2.61 bits per heavy atom. The predicted octanol–water partition coefficient (Wildman–Crippen LogP) is 2.06. The van der Waals surface area contributed by atoms with Crippen LogP contribution in [-0.4, -0.2) is 45.5 Å². The molecule has 2 rings (SSSR count). The van der Waals surface area contributed by atoms with Gasteiger partial charge in [0.25, 0.3) is 5.56 Å². The van der Waals surface area contributed by atoms with E-state index < -0.39 is 11.2 Å². The van der Waals surface area contributed by atoms with Crippen molar-refractivity contribution in [3.05, 3.63) is 36.9 Å². The minimum absolute atomic E-state index is 0.0293. The Hall–Kier alpha value is -2.46. The average Bonchev–Trinajstić information content (AvgIpc) is 3.14. The van der Waals surface area contributed by atoms with Gasteiger partial charge in [-0.2, -0.15) is 0 Å². The Kier molecular flexibility index (Phi) is 9.00. The van der Waals surface area contributed by atoms with Gasteiger partial charge in [-0.05, 0) is 25.8 Å². The molecule has 0 radical (unpaired) electrons. The first-order chi connectivity index (χ1) is 14.7. The van der Waals surface area contributed by atoms with Crippen LogP contribution in [0.25, 0.3) is 0 Å². The number of hydrogen-bond acceptors (Lipinski definition) is 7. The second kappa shape index (κ2) is 11.2. The van der Waals surface area contributed by atoms with E-state index in [0.29, 0.717) is 26.1 Å². The largest absolute Gasteiger partial charge is 0.383 e. The molecule has 0 bridgehead atoms.